The largest absolute Gasteiger partial charge is 0.351 e. The van der Waals surface area contributed by atoms with Crippen molar-refractivity contribution in [2.45, 2.75) is 51.9 Å². The molecule has 1 aliphatic rings. The number of sulfonamides is 1. The molecule has 6 nitrogen and oxygen atoms in total. The van der Waals surface area contributed by atoms with E-state index in [1.54, 1.807) is 11.2 Å². The number of hydrogen-bond donors (Lipinski definition) is 1. The molecule has 2 aromatic carbocycles. The molecule has 33 heavy (non-hydrogen) atoms. The standard InChI is InChI=1S/C26H33N3O3S/c1-5-33(31,32)28-14-12-19(13-15-28)23-17-29(25(27)30)24-11-8-20(16-22(23)24)18-6-9-21(10-7-18)26(2,3)4/h6-11,16-17,19H,5,12-15H2,1-4H3,(H2,27,30). The van der Waals surface area contributed by atoms with Gasteiger partial charge in [-0.3, -0.25) is 4.57 Å². The van der Waals surface area contributed by atoms with E-state index in [4.69, 9.17) is 5.73 Å². The number of nitrogens with zero attached hydrogens (tertiary/aromatic N) is 2. The van der Waals surface area contributed by atoms with Gasteiger partial charge in [0.1, 0.15) is 0 Å². The minimum Gasteiger partial charge on any atom is -0.351 e. The summed E-state index contributed by atoms with van der Waals surface area (Å²) >= 11 is 0. The lowest BCUT2D eigenvalue weighted by Gasteiger charge is -2.30. The van der Waals surface area contributed by atoms with Crippen molar-refractivity contribution in [1.82, 2.24) is 8.87 Å². The van der Waals surface area contributed by atoms with Crippen molar-refractivity contribution < 1.29 is 13.2 Å². The maximum atomic E-state index is 12.3. The molecular weight excluding hydrogens is 434 g/mol. The molecule has 0 radical (unpaired) electrons. The maximum absolute atomic E-state index is 12.3. The highest BCUT2D eigenvalue weighted by Gasteiger charge is 2.29. The van der Waals surface area contributed by atoms with E-state index < -0.39 is 16.1 Å². The third kappa shape index (κ3) is 4.57. The summed E-state index contributed by atoms with van der Waals surface area (Å²) in [4.78, 5) is 12.1. The van der Waals surface area contributed by atoms with Crippen LogP contribution in [0.25, 0.3) is 22.0 Å². The number of carbonyl (C=O) groups excluding carboxylic acids is 1. The second-order valence-corrected chi connectivity index (χ2v) is 12.2. The van der Waals surface area contributed by atoms with Gasteiger partial charge in [-0.05, 0) is 65.5 Å². The zero-order valence-corrected chi connectivity index (χ0v) is 20.7. The quantitative estimate of drug-likeness (QED) is 0.582. The molecule has 3 aromatic rings. The minimum absolute atomic E-state index is 0.0917. The molecule has 0 bridgehead atoms. The molecule has 0 unspecified atom stereocenters. The van der Waals surface area contributed by atoms with E-state index in [2.05, 4.69) is 51.1 Å². The van der Waals surface area contributed by atoms with Gasteiger partial charge in [0.15, 0.2) is 0 Å². The first kappa shape index (κ1) is 23.5. The molecule has 1 aliphatic heterocycles. The molecule has 1 fully saturated rings. The fourth-order valence-electron chi connectivity index (χ4n) is 4.73. The predicted molar refractivity (Wildman–Crippen MR) is 134 cm³/mol. The minimum atomic E-state index is -3.18. The Morgan fingerprint density at radius 1 is 1.03 bits per heavy atom. The summed E-state index contributed by atoms with van der Waals surface area (Å²) in [6.07, 6.45) is 3.29. The summed E-state index contributed by atoms with van der Waals surface area (Å²) in [6.45, 7) is 9.27. The van der Waals surface area contributed by atoms with Gasteiger partial charge in [0, 0.05) is 24.7 Å². The van der Waals surface area contributed by atoms with Gasteiger partial charge >= 0.3 is 6.03 Å². The van der Waals surface area contributed by atoms with Crippen LogP contribution in [0.4, 0.5) is 4.79 Å². The molecule has 4 rings (SSSR count). The van der Waals surface area contributed by atoms with Crippen molar-refractivity contribution in [3.05, 3.63) is 59.8 Å². The van der Waals surface area contributed by atoms with Crippen LogP contribution >= 0.6 is 0 Å². The second kappa shape index (κ2) is 8.61. The highest BCUT2D eigenvalue weighted by Crippen LogP contribution is 2.37. The topological polar surface area (TPSA) is 85.4 Å². The Balaban J connectivity index is 1.71. The van der Waals surface area contributed by atoms with E-state index in [0.29, 0.717) is 13.1 Å². The first-order valence-corrected chi connectivity index (χ1v) is 13.2. The van der Waals surface area contributed by atoms with E-state index in [9.17, 15) is 13.2 Å². The van der Waals surface area contributed by atoms with Crippen LogP contribution in [0.5, 0.6) is 0 Å². The monoisotopic (exact) mass is 467 g/mol. The van der Waals surface area contributed by atoms with Crippen LogP contribution in [-0.4, -0.2) is 42.2 Å². The smallest absolute Gasteiger partial charge is 0.323 e. The number of hydrogen-bond acceptors (Lipinski definition) is 3. The van der Waals surface area contributed by atoms with E-state index in [1.165, 1.54) is 10.1 Å². The summed E-state index contributed by atoms with van der Waals surface area (Å²) in [7, 11) is -3.18. The zero-order valence-electron chi connectivity index (χ0n) is 19.8. The molecule has 0 saturated carbocycles. The molecule has 7 heteroatoms. The van der Waals surface area contributed by atoms with Crippen molar-refractivity contribution >= 4 is 27.0 Å². The van der Waals surface area contributed by atoms with E-state index >= 15 is 0 Å². The summed E-state index contributed by atoms with van der Waals surface area (Å²) in [5, 5.41) is 1.00. The Bertz CT molecular complexity index is 1280. The lowest BCUT2D eigenvalue weighted by atomic mass is 9.86. The average molecular weight is 468 g/mol. The van der Waals surface area contributed by atoms with Gasteiger partial charge in [-0.2, -0.15) is 0 Å². The van der Waals surface area contributed by atoms with Crippen LogP contribution in [-0.2, 0) is 15.4 Å². The highest BCUT2D eigenvalue weighted by molar-refractivity contribution is 7.89. The third-order valence-electron chi connectivity index (χ3n) is 6.81. The number of aromatic nitrogens is 1. The number of nitrogens with two attached hydrogens (primary N) is 1. The van der Waals surface area contributed by atoms with Crippen molar-refractivity contribution in [1.29, 1.82) is 0 Å². The zero-order chi connectivity index (χ0) is 24.0. The van der Waals surface area contributed by atoms with E-state index in [0.717, 1.165) is 40.4 Å². The number of amides is 1. The Labute approximate surface area is 196 Å². The van der Waals surface area contributed by atoms with Crippen molar-refractivity contribution in [2.75, 3.05) is 18.8 Å². The lowest BCUT2D eigenvalue weighted by molar-refractivity contribution is 0.251. The molecule has 2 N–H and O–H groups in total. The fourth-order valence-corrected chi connectivity index (χ4v) is 5.87. The van der Waals surface area contributed by atoms with Gasteiger partial charge in [0.05, 0.1) is 11.3 Å². The van der Waals surface area contributed by atoms with Gasteiger partial charge < -0.3 is 5.73 Å². The van der Waals surface area contributed by atoms with Gasteiger partial charge in [-0.1, -0.05) is 51.1 Å². The van der Waals surface area contributed by atoms with Crippen LogP contribution in [0.1, 0.15) is 57.6 Å². The highest BCUT2D eigenvalue weighted by atomic mass is 32.2. The molecule has 2 heterocycles. The third-order valence-corrected chi connectivity index (χ3v) is 8.69. The summed E-state index contributed by atoms with van der Waals surface area (Å²) in [6, 6.07) is 14.2. The van der Waals surface area contributed by atoms with Gasteiger partial charge in [0.25, 0.3) is 0 Å². The molecule has 1 saturated heterocycles. The summed E-state index contributed by atoms with van der Waals surface area (Å²) in [5.74, 6) is 0.297. The molecule has 0 atom stereocenters. The van der Waals surface area contributed by atoms with Crippen LogP contribution in [0.15, 0.2) is 48.7 Å². The van der Waals surface area contributed by atoms with Crippen molar-refractivity contribution in [3.8, 4) is 11.1 Å². The first-order chi connectivity index (χ1) is 15.5. The second-order valence-electron chi connectivity index (χ2n) is 9.93. The SMILES string of the molecule is CCS(=O)(=O)N1CCC(c2cn(C(N)=O)c3ccc(-c4ccc(C(C)(C)C)cc4)cc23)CC1. The van der Waals surface area contributed by atoms with Crippen LogP contribution in [0.3, 0.4) is 0 Å². The lowest BCUT2D eigenvalue weighted by Crippen LogP contribution is -2.38. The number of rotatable bonds is 4. The molecular formula is C26H33N3O3S. The molecule has 176 valence electrons. The average Bonchev–Trinajstić information content (AvgIpc) is 3.18. The Hall–Kier alpha value is -2.64. The van der Waals surface area contributed by atoms with E-state index in [-0.39, 0.29) is 17.1 Å². The molecule has 0 aliphatic carbocycles. The Morgan fingerprint density at radius 2 is 1.64 bits per heavy atom. The molecule has 1 amide bonds. The van der Waals surface area contributed by atoms with Crippen molar-refractivity contribution in [3.63, 3.8) is 0 Å². The van der Waals surface area contributed by atoms with Crippen molar-refractivity contribution in [2.24, 2.45) is 5.73 Å². The Kier molecular flexibility index (Phi) is 6.14. The van der Waals surface area contributed by atoms with Gasteiger partial charge in [0.2, 0.25) is 10.0 Å². The van der Waals surface area contributed by atoms with Crippen LogP contribution in [0.2, 0.25) is 0 Å². The summed E-state index contributed by atoms with van der Waals surface area (Å²) in [5.41, 5.74) is 11.1. The van der Waals surface area contributed by atoms with Gasteiger partial charge in [-0.15, -0.1) is 0 Å². The normalized spacial score (nSPS) is 16.4. The maximum Gasteiger partial charge on any atom is 0.323 e. The van der Waals surface area contributed by atoms with E-state index in [1.807, 2.05) is 18.3 Å². The van der Waals surface area contributed by atoms with Crippen LogP contribution < -0.4 is 5.73 Å². The predicted octanol–water partition coefficient (Wildman–Crippen LogP) is 5.06. The number of benzene rings is 2. The number of carbonyl (C=O) groups is 1. The summed E-state index contributed by atoms with van der Waals surface area (Å²) < 4.78 is 27.6. The number of piperidine rings is 1. The van der Waals surface area contributed by atoms with Crippen LogP contribution in [0, 0.1) is 0 Å². The number of primary amides is 1. The fraction of sp³-hybridized carbons (Fsp3) is 0.423. The molecule has 0 spiro atoms. The van der Waals surface area contributed by atoms with Gasteiger partial charge in [-0.25, -0.2) is 17.5 Å². The number of fused-ring (bicyclic) bond motifs is 1. The molecule has 1 aromatic heterocycles. The Morgan fingerprint density at radius 3 is 2.18 bits per heavy atom. The first-order valence-electron chi connectivity index (χ1n) is 11.5.